The predicted octanol–water partition coefficient (Wildman–Crippen LogP) is 0.680. The highest BCUT2D eigenvalue weighted by Gasteiger charge is 2.35. The molecular weight excluding hydrogens is 226 g/mol. The second-order valence-electron chi connectivity index (χ2n) is 4.12. The first kappa shape index (κ1) is 15.8. The molecule has 6 heteroatoms. The molecule has 98 valence electrons. The molecule has 5 nitrogen and oxygen atoms in total. The van der Waals surface area contributed by atoms with E-state index in [0.717, 1.165) is 6.42 Å². The number of hydrogen-bond acceptors (Lipinski definition) is 3. The highest BCUT2D eigenvalue weighted by Crippen LogP contribution is 2.20. The highest BCUT2D eigenvalue weighted by molar-refractivity contribution is 7.87. The Hall–Kier alpha value is -0.170. The third-order valence-electron chi connectivity index (χ3n) is 2.92. The quantitative estimate of drug-likeness (QED) is 0.666. The molecule has 3 N–H and O–H groups in total. The predicted molar refractivity (Wildman–Crippen MR) is 67.3 cm³/mol. The van der Waals surface area contributed by atoms with Gasteiger partial charge in [-0.05, 0) is 19.8 Å². The lowest BCUT2D eigenvalue weighted by Gasteiger charge is -2.38. The summed E-state index contributed by atoms with van der Waals surface area (Å²) in [4.78, 5) is 0. The van der Waals surface area contributed by atoms with Crippen LogP contribution in [-0.2, 0) is 10.2 Å². The molecule has 0 spiro atoms. The first-order valence-electron chi connectivity index (χ1n) is 5.85. The fourth-order valence-corrected chi connectivity index (χ4v) is 3.32. The van der Waals surface area contributed by atoms with Gasteiger partial charge < -0.3 is 5.73 Å². The average Bonchev–Trinajstić information content (AvgIpc) is 2.26. The van der Waals surface area contributed by atoms with Crippen molar-refractivity contribution in [1.29, 1.82) is 0 Å². The van der Waals surface area contributed by atoms with E-state index in [1.54, 1.807) is 0 Å². The number of likely N-dealkylation sites (N-methyl/N-ethyl adjacent to an activating group) is 1. The van der Waals surface area contributed by atoms with Crippen molar-refractivity contribution in [1.82, 2.24) is 9.03 Å². The van der Waals surface area contributed by atoms with Crippen LogP contribution in [0, 0.1) is 0 Å². The molecule has 0 amide bonds. The molecule has 0 heterocycles. The molecule has 0 rings (SSSR count). The van der Waals surface area contributed by atoms with Gasteiger partial charge in [-0.1, -0.05) is 20.8 Å². The summed E-state index contributed by atoms with van der Waals surface area (Å²) in [6.45, 7) is 8.80. The molecule has 1 atom stereocenters. The molecule has 0 saturated carbocycles. The van der Waals surface area contributed by atoms with Crippen molar-refractivity contribution in [2.45, 2.75) is 46.1 Å². The number of nitrogens with zero attached hydrogens (tertiary/aromatic N) is 1. The Labute approximate surface area is 99.6 Å². The third kappa shape index (κ3) is 3.69. The van der Waals surface area contributed by atoms with E-state index in [1.807, 2.05) is 27.7 Å². The maximum absolute atomic E-state index is 12.0. The van der Waals surface area contributed by atoms with Crippen molar-refractivity contribution in [3.8, 4) is 0 Å². The van der Waals surface area contributed by atoms with Crippen LogP contribution in [0.5, 0.6) is 0 Å². The molecule has 0 aromatic heterocycles. The van der Waals surface area contributed by atoms with E-state index in [0.29, 0.717) is 26.1 Å². The van der Waals surface area contributed by atoms with Crippen LogP contribution >= 0.6 is 0 Å². The summed E-state index contributed by atoms with van der Waals surface area (Å²) >= 11 is 0. The molecule has 0 saturated heterocycles. The lowest BCUT2D eigenvalue weighted by Crippen LogP contribution is -2.57. The fraction of sp³-hybridized carbons (Fsp3) is 1.00. The van der Waals surface area contributed by atoms with Gasteiger partial charge >= 0.3 is 0 Å². The molecular formula is C10H25N3O2S. The van der Waals surface area contributed by atoms with Gasteiger partial charge in [-0.15, -0.1) is 0 Å². The molecule has 0 aromatic carbocycles. The number of nitrogens with one attached hydrogen (secondary N) is 1. The molecule has 0 aliphatic carbocycles. The smallest absolute Gasteiger partial charge is 0.279 e. The molecule has 1 unspecified atom stereocenters. The van der Waals surface area contributed by atoms with E-state index in [-0.39, 0.29) is 0 Å². The van der Waals surface area contributed by atoms with E-state index in [4.69, 9.17) is 5.73 Å². The summed E-state index contributed by atoms with van der Waals surface area (Å²) in [7, 11) is -3.41. The zero-order chi connectivity index (χ0) is 12.8. The minimum atomic E-state index is -3.41. The van der Waals surface area contributed by atoms with Gasteiger partial charge in [0.2, 0.25) is 0 Å². The summed E-state index contributed by atoms with van der Waals surface area (Å²) in [5.74, 6) is 0. The van der Waals surface area contributed by atoms with Gasteiger partial charge in [-0.25, -0.2) is 4.72 Å². The van der Waals surface area contributed by atoms with Crippen molar-refractivity contribution in [3.05, 3.63) is 0 Å². The first-order valence-corrected chi connectivity index (χ1v) is 7.29. The van der Waals surface area contributed by atoms with Crippen molar-refractivity contribution < 1.29 is 8.42 Å². The molecule has 16 heavy (non-hydrogen) atoms. The van der Waals surface area contributed by atoms with Gasteiger partial charge in [0.15, 0.2) is 0 Å². The van der Waals surface area contributed by atoms with E-state index in [9.17, 15) is 8.42 Å². The Kier molecular flexibility index (Phi) is 6.47. The minimum absolute atomic E-state index is 0.324. The Balaban J connectivity index is 4.97. The van der Waals surface area contributed by atoms with E-state index < -0.39 is 15.7 Å². The Morgan fingerprint density at radius 1 is 1.31 bits per heavy atom. The van der Waals surface area contributed by atoms with E-state index >= 15 is 0 Å². The van der Waals surface area contributed by atoms with Crippen molar-refractivity contribution >= 4 is 10.2 Å². The monoisotopic (exact) mass is 251 g/mol. The number of rotatable bonds is 8. The SMILES string of the molecule is CCCNS(=O)(=O)N(CC)C(C)(CC)CN. The second kappa shape index (κ2) is 6.54. The molecule has 0 radical (unpaired) electrons. The van der Waals surface area contributed by atoms with Crippen LogP contribution in [0.2, 0.25) is 0 Å². The summed E-state index contributed by atoms with van der Waals surface area (Å²) in [5, 5.41) is 0. The zero-order valence-electron chi connectivity index (χ0n) is 10.8. The lowest BCUT2D eigenvalue weighted by atomic mass is 9.99. The number of hydrogen-bond donors (Lipinski definition) is 2. The minimum Gasteiger partial charge on any atom is -0.329 e. The Morgan fingerprint density at radius 2 is 1.88 bits per heavy atom. The summed E-state index contributed by atoms with van der Waals surface area (Å²) < 4.78 is 28.1. The summed E-state index contributed by atoms with van der Waals surface area (Å²) in [6, 6.07) is 0. The maximum Gasteiger partial charge on any atom is 0.279 e. The second-order valence-corrected chi connectivity index (χ2v) is 5.80. The van der Waals surface area contributed by atoms with Crippen LogP contribution in [-0.4, -0.2) is 37.9 Å². The normalized spacial score (nSPS) is 16.4. The largest absolute Gasteiger partial charge is 0.329 e. The molecule has 0 aliphatic heterocycles. The van der Waals surface area contributed by atoms with Crippen LogP contribution < -0.4 is 10.5 Å². The van der Waals surface area contributed by atoms with Crippen LogP contribution in [0.15, 0.2) is 0 Å². The topological polar surface area (TPSA) is 75.4 Å². The van der Waals surface area contributed by atoms with Crippen LogP contribution in [0.4, 0.5) is 0 Å². The van der Waals surface area contributed by atoms with E-state index in [2.05, 4.69) is 4.72 Å². The highest BCUT2D eigenvalue weighted by atomic mass is 32.2. The van der Waals surface area contributed by atoms with Gasteiger partial charge in [-0.3, -0.25) is 0 Å². The van der Waals surface area contributed by atoms with Crippen LogP contribution in [0.25, 0.3) is 0 Å². The standard InChI is InChI=1S/C10H25N3O2S/c1-5-8-12-16(14,15)13(7-3)10(4,6-2)9-11/h12H,5-9,11H2,1-4H3. The van der Waals surface area contributed by atoms with Crippen LogP contribution in [0.3, 0.4) is 0 Å². The molecule has 0 fully saturated rings. The van der Waals surface area contributed by atoms with Crippen LogP contribution in [0.1, 0.15) is 40.5 Å². The van der Waals surface area contributed by atoms with Gasteiger partial charge in [0, 0.05) is 25.2 Å². The average molecular weight is 251 g/mol. The maximum atomic E-state index is 12.0. The van der Waals surface area contributed by atoms with Gasteiger partial charge in [0.05, 0.1) is 0 Å². The van der Waals surface area contributed by atoms with Gasteiger partial charge in [0.1, 0.15) is 0 Å². The van der Waals surface area contributed by atoms with Gasteiger partial charge in [0.25, 0.3) is 10.2 Å². The van der Waals surface area contributed by atoms with Crippen molar-refractivity contribution in [3.63, 3.8) is 0 Å². The zero-order valence-corrected chi connectivity index (χ0v) is 11.6. The van der Waals surface area contributed by atoms with Crippen molar-refractivity contribution in [2.24, 2.45) is 5.73 Å². The molecule has 0 aromatic rings. The third-order valence-corrected chi connectivity index (χ3v) is 4.76. The molecule has 0 aliphatic rings. The Morgan fingerprint density at radius 3 is 2.19 bits per heavy atom. The summed E-state index contributed by atoms with van der Waals surface area (Å²) in [6.07, 6.45) is 1.48. The van der Waals surface area contributed by atoms with E-state index in [1.165, 1.54) is 4.31 Å². The van der Waals surface area contributed by atoms with Gasteiger partial charge in [-0.2, -0.15) is 12.7 Å². The number of nitrogens with two attached hydrogens (primary N) is 1. The lowest BCUT2D eigenvalue weighted by molar-refractivity contribution is 0.211. The molecule has 0 bridgehead atoms. The van der Waals surface area contributed by atoms with Crippen molar-refractivity contribution in [2.75, 3.05) is 19.6 Å². The first-order chi connectivity index (χ1) is 7.37. The Bertz CT molecular complexity index is 286. The summed E-state index contributed by atoms with van der Waals surface area (Å²) in [5.41, 5.74) is 5.18. The fourth-order valence-electron chi connectivity index (χ4n) is 1.57.